The van der Waals surface area contributed by atoms with Crippen LogP contribution in [-0.2, 0) is 11.2 Å². The van der Waals surface area contributed by atoms with Crippen LogP contribution >= 0.6 is 0 Å². The zero-order chi connectivity index (χ0) is 20.0. The third kappa shape index (κ3) is 11.2. The first-order valence-electron chi connectivity index (χ1n) is 11.1. The molecule has 0 aliphatic rings. The van der Waals surface area contributed by atoms with E-state index in [2.05, 4.69) is 45.5 Å². The molecular formula is C24H43N2O+. The molecule has 0 saturated heterocycles. The highest BCUT2D eigenvalue weighted by atomic mass is 16.2. The predicted octanol–water partition coefficient (Wildman–Crippen LogP) is 5.34. The Morgan fingerprint density at radius 1 is 0.852 bits per heavy atom. The molecule has 0 aromatic heterocycles. The average molecular weight is 376 g/mol. The van der Waals surface area contributed by atoms with Gasteiger partial charge in [0.25, 0.3) is 5.91 Å². The van der Waals surface area contributed by atoms with E-state index in [1.54, 1.807) is 0 Å². The fourth-order valence-corrected chi connectivity index (χ4v) is 3.50. The molecule has 0 heterocycles. The van der Waals surface area contributed by atoms with Gasteiger partial charge in [0, 0.05) is 13.0 Å². The normalized spacial score (nSPS) is 12.7. The standard InChI is InChI=1S/C24H42N2O/c1-5-6-7-8-9-10-11-12-13-17-20-25-24(27)23(26(2,3)4)21-22-18-15-14-16-19-22/h14-16,18-19,23H,5-13,17,20-21H2,1-4H3/p+1/t23-/m0/s1. The molecule has 0 aliphatic heterocycles. The van der Waals surface area contributed by atoms with Crippen LogP contribution in [0.5, 0.6) is 0 Å². The van der Waals surface area contributed by atoms with Gasteiger partial charge >= 0.3 is 0 Å². The summed E-state index contributed by atoms with van der Waals surface area (Å²) in [5.41, 5.74) is 1.23. The number of likely N-dealkylation sites (N-methyl/N-ethyl adjacent to an activating group) is 1. The predicted molar refractivity (Wildman–Crippen MR) is 117 cm³/mol. The molecule has 0 aliphatic carbocycles. The van der Waals surface area contributed by atoms with E-state index >= 15 is 0 Å². The van der Waals surface area contributed by atoms with Gasteiger partial charge in [-0.25, -0.2) is 0 Å². The molecule has 0 saturated carbocycles. The largest absolute Gasteiger partial charge is 0.351 e. The van der Waals surface area contributed by atoms with E-state index in [0.717, 1.165) is 19.4 Å². The Morgan fingerprint density at radius 2 is 1.37 bits per heavy atom. The lowest BCUT2D eigenvalue weighted by Crippen LogP contribution is -2.55. The number of amides is 1. The number of unbranched alkanes of at least 4 members (excludes halogenated alkanes) is 9. The third-order valence-corrected chi connectivity index (χ3v) is 5.34. The van der Waals surface area contributed by atoms with E-state index in [1.807, 2.05) is 18.2 Å². The number of carbonyl (C=O) groups is 1. The molecule has 3 nitrogen and oxygen atoms in total. The number of nitrogens with zero attached hydrogens (tertiary/aromatic N) is 1. The number of rotatable bonds is 15. The van der Waals surface area contributed by atoms with E-state index < -0.39 is 0 Å². The maximum absolute atomic E-state index is 12.7. The first-order valence-corrected chi connectivity index (χ1v) is 11.1. The first-order chi connectivity index (χ1) is 12.9. The van der Waals surface area contributed by atoms with Gasteiger partial charge in [0.2, 0.25) is 0 Å². The van der Waals surface area contributed by atoms with Gasteiger partial charge < -0.3 is 9.80 Å². The Labute approximate surface area is 168 Å². The fourth-order valence-electron chi connectivity index (χ4n) is 3.50. The lowest BCUT2D eigenvalue weighted by molar-refractivity contribution is -0.886. The smallest absolute Gasteiger partial charge is 0.278 e. The summed E-state index contributed by atoms with van der Waals surface area (Å²) in [5, 5.41) is 3.18. The average Bonchev–Trinajstić information content (AvgIpc) is 2.64. The number of quaternary nitrogens is 1. The second-order valence-electron chi connectivity index (χ2n) is 8.79. The highest BCUT2D eigenvalue weighted by Crippen LogP contribution is 2.13. The summed E-state index contributed by atoms with van der Waals surface area (Å²) in [6.45, 7) is 3.07. The highest BCUT2D eigenvalue weighted by Gasteiger charge is 2.31. The van der Waals surface area contributed by atoms with Gasteiger partial charge in [0.15, 0.2) is 6.04 Å². The van der Waals surface area contributed by atoms with Crippen molar-refractivity contribution in [1.82, 2.24) is 5.32 Å². The minimum absolute atomic E-state index is 0.0458. The van der Waals surface area contributed by atoms with Crippen molar-refractivity contribution in [2.75, 3.05) is 27.7 Å². The topological polar surface area (TPSA) is 29.1 Å². The van der Waals surface area contributed by atoms with E-state index in [4.69, 9.17) is 0 Å². The maximum atomic E-state index is 12.7. The van der Waals surface area contributed by atoms with Gasteiger partial charge in [-0.05, 0) is 12.0 Å². The van der Waals surface area contributed by atoms with Crippen molar-refractivity contribution >= 4 is 5.91 Å². The minimum Gasteiger partial charge on any atom is -0.351 e. The molecule has 27 heavy (non-hydrogen) atoms. The van der Waals surface area contributed by atoms with Crippen molar-refractivity contribution < 1.29 is 9.28 Å². The number of hydrogen-bond acceptors (Lipinski definition) is 1. The summed E-state index contributed by atoms with van der Waals surface area (Å²) in [6.07, 6.45) is 14.0. The Balaban J connectivity index is 2.19. The number of hydrogen-bond donors (Lipinski definition) is 1. The number of benzene rings is 1. The van der Waals surface area contributed by atoms with Crippen LogP contribution in [0.1, 0.15) is 76.7 Å². The minimum atomic E-state index is -0.0458. The molecule has 0 bridgehead atoms. The second-order valence-corrected chi connectivity index (χ2v) is 8.79. The van der Waals surface area contributed by atoms with Gasteiger partial charge in [-0.2, -0.15) is 0 Å². The van der Waals surface area contributed by atoms with Crippen molar-refractivity contribution in [3.8, 4) is 0 Å². The Bertz CT molecular complexity index is 493. The van der Waals surface area contributed by atoms with Crippen molar-refractivity contribution in [2.45, 2.75) is 83.6 Å². The van der Waals surface area contributed by atoms with Gasteiger partial charge in [0.1, 0.15) is 0 Å². The fraction of sp³-hybridized carbons (Fsp3) is 0.708. The van der Waals surface area contributed by atoms with E-state index in [-0.39, 0.29) is 11.9 Å². The van der Waals surface area contributed by atoms with Crippen LogP contribution in [0.4, 0.5) is 0 Å². The quantitative estimate of drug-likeness (QED) is 0.325. The van der Waals surface area contributed by atoms with Crippen molar-refractivity contribution in [2.24, 2.45) is 0 Å². The molecule has 1 rings (SSSR count). The summed E-state index contributed by atoms with van der Waals surface area (Å²) in [7, 11) is 6.31. The number of carbonyl (C=O) groups excluding carboxylic acids is 1. The van der Waals surface area contributed by atoms with Crippen LogP contribution in [-0.4, -0.2) is 44.1 Å². The highest BCUT2D eigenvalue weighted by molar-refractivity contribution is 5.80. The summed E-state index contributed by atoms with van der Waals surface area (Å²) in [6, 6.07) is 10.3. The molecule has 0 unspecified atom stereocenters. The van der Waals surface area contributed by atoms with Gasteiger partial charge in [-0.1, -0.05) is 95.0 Å². The van der Waals surface area contributed by atoms with Crippen molar-refractivity contribution in [1.29, 1.82) is 0 Å². The van der Waals surface area contributed by atoms with Gasteiger partial charge in [-0.3, -0.25) is 4.79 Å². The Morgan fingerprint density at radius 3 is 1.89 bits per heavy atom. The zero-order valence-electron chi connectivity index (χ0n) is 18.3. The van der Waals surface area contributed by atoms with E-state index in [1.165, 1.54) is 63.4 Å². The van der Waals surface area contributed by atoms with Gasteiger partial charge in [-0.15, -0.1) is 0 Å². The summed E-state index contributed by atoms with van der Waals surface area (Å²) >= 11 is 0. The third-order valence-electron chi connectivity index (χ3n) is 5.34. The lowest BCUT2D eigenvalue weighted by atomic mass is 10.0. The van der Waals surface area contributed by atoms with Crippen LogP contribution in [0.15, 0.2) is 30.3 Å². The molecule has 0 spiro atoms. The van der Waals surface area contributed by atoms with Gasteiger partial charge in [0.05, 0.1) is 21.1 Å². The molecule has 0 radical (unpaired) electrons. The van der Waals surface area contributed by atoms with Crippen LogP contribution in [0.25, 0.3) is 0 Å². The zero-order valence-corrected chi connectivity index (χ0v) is 18.3. The maximum Gasteiger partial charge on any atom is 0.278 e. The molecule has 0 fully saturated rings. The second kappa shape index (κ2) is 13.8. The number of nitrogens with one attached hydrogen (secondary N) is 1. The first kappa shape index (κ1) is 23.7. The lowest BCUT2D eigenvalue weighted by Gasteiger charge is -2.33. The van der Waals surface area contributed by atoms with Crippen molar-refractivity contribution in [3.05, 3.63) is 35.9 Å². The van der Waals surface area contributed by atoms with Crippen molar-refractivity contribution in [3.63, 3.8) is 0 Å². The van der Waals surface area contributed by atoms with E-state index in [9.17, 15) is 4.79 Å². The SMILES string of the molecule is CCCCCCCCCCCCNC(=O)[C@H](Cc1ccccc1)[N+](C)(C)C. The molecule has 1 amide bonds. The summed E-state index contributed by atoms with van der Waals surface area (Å²) < 4.78 is 0.652. The summed E-state index contributed by atoms with van der Waals surface area (Å²) in [4.78, 5) is 12.7. The van der Waals surface area contributed by atoms with Crippen LogP contribution in [0.2, 0.25) is 0 Å². The molecular weight excluding hydrogens is 332 g/mol. The van der Waals surface area contributed by atoms with Crippen LogP contribution < -0.4 is 5.32 Å². The molecule has 1 aromatic carbocycles. The Hall–Kier alpha value is -1.35. The molecule has 1 aromatic rings. The monoisotopic (exact) mass is 375 g/mol. The van der Waals surface area contributed by atoms with Crippen LogP contribution in [0, 0.1) is 0 Å². The molecule has 154 valence electrons. The summed E-state index contributed by atoms with van der Waals surface area (Å²) in [5.74, 6) is 0.183. The van der Waals surface area contributed by atoms with Crippen LogP contribution in [0.3, 0.4) is 0 Å². The Kier molecular flexibility index (Phi) is 12.1. The molecule has 1 atom stereocenters. The molecule has 1 N–H and O–H groups in total. The van der Waals surface area contributed by atoms with E-state index in [0.29, 0.717) is 4.48 Å². The molecule has 3 heteroatoms.